The lowest BCUT2D eigenvalue weighted by atomic mass is 10.1. The summed E-state index contributed by atoms with van der Waals surface area (Å²) in [6.45, 7) is 2.33. The molecule has 1 aromatic heterocycles. The van der Waals surface area contributed by atoms with Gasteiger partial charge in [-0.2, -0.15) is 0 Å². The molecule has 1 aromatic carbocycles. The first-order chi connectivity index (χ1) is 9.65. The SMILES string of the molecule is Cc1cc(CN(C)C(=O)c2cccc3c2OCO3)no1. The quantitative estimate of drug-likeness (QED) is 0.856. The number of para-hydroxylation sites is 1. The summed E-state index contributed by atoms with van der Waals surface area (Å²) in [7, 11) is 1.71. The number of hydrogen-bond donors (Lipinski definition) is 0. The van der Waals surface area contributed by atoms with Crippen LogP contribution in [0, 0.1) is 6.92 Å². The summed E-state index contributed by atoms with van der Waals surface area (Å²) in [5.41, 5.74) is 1.20. The molecule has 20 heavy (non-hydrogen) atoms. The normalized spacial score (nSPS) is 12.5. The fraction of sp³-hybridized carbons (Fsp3) is 0.286. The smallest absolute Gasteiger partial charge is 0.257 e. The Bertz CT molecular complexity index is 650. The van der Waals surface area contributed by atoms with Gasteiger partial charge in [0.25, 0.3) is 5.91 Å². The average molecular weight is 274 g/mol. The number of aryl methyl sites for hydroxylation is 1. The van der Waals surface area contributed by atoms with E-state index in [1.807, 2.05) is 6.92 Å². The molecule has 0 bridgehead atoms. The molecular formula is C14H14N2O4. The molecular weight excluding hydrogens is 260 g/mol. The molecule has 0 atom stereocenters. The lowest BCUT2D eigenvalue weighted by molar-refractivity contribution is 0.0777. The van der Waals surface area contributed by atoms with E-state index >= 15 is 0 Å². The van der Waals surface area contributed by atoms with E-state index in [1.165, 1.54) is 0 Å². The van der Waals surface area contributed by atoms with Gasteiger partial charge in [-0.15, -0.1) is 0 Å². The minimum atomic E-state index is -0.145. The van der Waals surface area contributed by atoms with Crippen molar-refractivity contribution in [3.05, 3.63) is 41.3 Å². The van der Waals surface area contributed by atoms with Crippen LogP contribution in [0.1, 0.15) is 21.8 Å². The van der Waals surface area contributed by atoms with Crippen molar-refractivity contribution in [2.24, 2.45) is 0 Å². The Morgan fingerprint density at radius 2 is 2.25 bits per heavy atom. The maximum atomic E-state index is 12.4. The fourth-order valence-electron chi connectivity index (χ4n) is 2.11. The number of carbonyl (C=O) groups excluding carboxylic acids is 1. The van der Waals surface area contributed by atoms with Crippen molar-refractivity contribution in [3.63, 3.8) is 0 Å². The number of aromatic nitrogens is 1. The first-order valence-electron chi connectivity index (χ1n) is 6.21. The molecule has 0 N–H and O–H groups in total. The molecule has 1 aliphatic heterocycles. The number of hydrogen-bond acceptors (Lipinski definition) is 5. The molecule has 0 fully saturated rings. The van der Waals surface area contributed by atoms with Crippen LogP contribution in [-0.4, -0.2) is 29.8 Å². The van der Waals surface area contributed by atoms with Crippen molar-refractivity contribution >= 4 is 5.91 Å². The van der Waals surface area contributed by atoms with E-state index < -0.39 is 0 Å². The second-order valence-electron chi connectivity index (χ2n) is 4.63. The summed E-state index contributed by atoms with van der Waals surface area (Å²) in [4.78, 5) is 14.0. The zero-order valence-corrected chi connectivity index (χ0v) is 11.3. The molecule has 6 heteroatoms. The van der Waals surface area contributed by atoms with Crippen LogP contribution in [0.2, 0.25) is 0 Å². The van der Waals surface area contributed by atoms with E-state index in [-0.39, 0.29) is 12.7 Å². The van der Waals surface area contributed by atoms with Crippen LogP contribution in [-0.2, 0) is 6.54 Å². The summed E-state index contributed by atoms with van der Waals surface area (Å²) >= 11 is 0. The van der Waals surface area contributed by atoms with Crippen LogP contribution in [0.3, 0.4) is 0 Å². The highest BCUT2D eigenvalue weighted by Crippen LogP contribution is 2.35. The van der Waals surface area contributed by atoms with Crippen molar-refractivity contribution in [1.82, 2.24) is 10.1 Å². The van der Waals surface area contributed by atoms with Gasteiger partial charge in [-0.3, -0.25) is 4.79 Å². The molecule has 2 heterocycles. The predicted molar refractivity (Wildman–Crippen MR) is 69.6 cm³/mol. The van der Waals surface area contributed by atoms with Crippen LogP contribution in [0.4, 0.5) is 0 Å². The molecule has 0 spiro atoms. The van der Waals surface area contributed by atoms with Crippen LogP contribution >= 0.6 is 0 Å². The molecule has 0 radical (unpaired) electrons. The highest BCUT2D eigenvalue weighted by molar-refractivity contribution is 5.97. The van der Waals surface area contributed by atoms with E-state index in [9.17, 15) is 4.79 Å². The molecule has 0 aliphatic carbocycles. The van der Waals surface area contributed by atoms with Gasteiger partial charge in [0.15, 0.2) is 11.5 Å². The van der Waals surface area contributed by atoms with Gasteiger partial charge in [0.2, 0.25) is 6.79 Å². The Kier molecular flexibility index (Phi) is 3.06. The van der Waals surface area contributed by atoms with Gasteiger partial charge >= 0.3 is 0 Å². The first kappa shape index (κ1) is 12.5. The maximum Gasteiger partial charge on any atom is 0.257 e. The topological polar surface area (TPSA) is 64.8 Å². The number of carbonyl (C=O) groups is 1. The maximum absolute atomic E-state index is 12.4. The molecule has 1 amide bonds. The summed E-state index contributed by atoms with van der Waals surface area (Å²) in [6, 6.07) is 7.08. The second-order valence-corrected chi connectivity index (χ2v) is 4.63. The molecule has 3 rings (SSSR count). The van der Waals surface area contributed by atoms with Crippen LogP contribution in [0.5, 0.6) is 11.5 Å². The number of benzene rings is 1. The van der Waals surface area contributed by atoms with Gasteiger partial charge in [-0.25, -0.2) is 0 Å². The van der Waals surface area contributed by atoms with Crippen molar-refractivity contribution in [1.29, 1.82) is 0 Å². The molecule has 0 unspecified atom stereocenters. The van der Waals surface area contributed by atoms with Gasteiger partial charge in [-0.05, 0) is 19.1 Å². The number of nitrogens with zero attached hydrogens (tertiary/aromatic N) is 2. The minimum Gasteiger partial charge on any atom is -0.454 e. The Morgan fingerprint density at radius 3 is 3.00 bits per heavy atom. The third kappa shape index (κ3) is 2.20. The minimum absolute atomic E-state index is 0.145. The van der Waals surface area contributed by atoms with Crippen LogP contribution < -0.4 is 9.47 Å². The third-order valence-electron chi connectivity index (χ3n) is 3.05. The summed E-state index contributed by atoms with van der Waals surface area (Å²) < 4.78 is 15.6. The number of rotatable bonds is 3. The highest BCUT2D eigenvalue weighted by atomic mass is 16.7. The Morgan fingerprint density at radius 1 is 1.40 bits per heavy atom. The molecule has 1 aliphatic rings. The lowest BCUT2D eigenvalue weighted by Crippen LogP contribution is -2.26. The van der Waals surface area contributed by atoms with Gasteiger partial charge in [0.1, 0.15) is 11.5 Å². The summed E-state index contributed by atoms with van der Waals surface area (Å²) in [5, 5.41) is 3.88. The van der Waals surface area contributed by atoms with Gasteiger partial charge < -0.3 is 18.9 Å². The number of amides is 1. The fourth-order valence-corrected chi connectivity index (χ4v) is 2.11. The standard InChI is InChI=1S/C14H14N2O4/c1-9-6-10(15-20-9)7-16(2)14(17)11-4-3-5-12-13(11)19-8-18-12/h3-6H,7-8H2,1-2H3. The van der Waals surface area contributed by atoms with E-state index in [0.29, 0.717) is 29.3 Å². The Hall–Kier alpha value is -2.50. The van der Waals surface area contributed by atoms with E-state index in [2.05, 4.69) is 5.16 Å². The second kappa shape index (κ2) is 4.88. The monoisotopic (exact) mass is 274 g/mol. The van der Waals surface area contributed by atoms with Gasteiger partial charge in [0, 0.05) is 13.1 Å². The molecule has 6 nitrogen and oxygen atoms in total. The van der Waals surface area contributed by atoms with Crippen molar-refractivity contribution in [2.45, 2.75) is 13.5 Å². The summed E-state index contributed by atoms with van der Waals surface area (Å²) in [5.74, 6) is 1.67. The Labute approximate surface area is 115 Å². The molecule has 0 saturated heterocycles. The molecule has 0 saturated carbocycles. The van der Waals surface area contributed by atoms with E-state index in [1.54, 1.807) is 36.2 Å². The van der Waals surface area contributed by atoms with E-state index in [4.69, 9.17) is 14.0 Å². The van der Waals surface area contributed by atoms with E-state index in [0.717, 1.165) is 5.76 Å². The predicted octanol–water partition coefficient (Wildman–Crippen LogP) is 1.98. The molecule has 2 aromatic rings. The van der Waals surface area contributed by atoms with Gasteiger partial charge in [0.05, 0.1) is 12.1 Å². The third-order valence-corrected chi connectivity index (χ3v) is 3.05. The first-order valence-corrected chi connectivity index (χ1v) is 6.21. The number of fused-ring (bicyclic) bond motifs is 1. The highest BCUT2D eigenvalue weighted by Gasteiger charge is 2.24. The summed E-state index contributed by atoms with van der Waals surface area (Å²) in [6.07, 6.45) is 0. The van der Waals surface area contributed by atoms with Crippen LogP contribution in [0.15, 0.2) is 28.8 Å². The largest absolute Gasteiger partial charge is 0.454 e. The van der Waals surface area contributed by atoms with Gasteiger partial charge in [-0.1, -0.05) is 11.2 Å². The average Bonchev–Trinajstić information content (AvgIpc) is 3.06. The van der Waals surface area contributed by atoms with Crippen LogP contribution in [0.25, 0.3) is 0 Å². The number of ether oxygens (including phenoxy) is 2. The zero-order chi connectivity index (χ0) is 14.1. The van der Waals surface area contributed by atoms with Crippen molar-refractivity contribution in [3.8, 4) is 11.5 Å². The lowest BCUT2D eigenvalue weighted by Gasteiger charge is -2.16. The zero-order valence-electron chi connectivity index (χ0n) is 11.3. The van der Waals surface area contributed by atoms with Crippen molar-refractivity contribution in [2.75, 3.05) is 13.8 Å². The van der Waals surface area contributed by atoms with Crippen molar-refractivity contribution < 1.29 is 18.8 Å². The molecule has 104 valence electrons. The Balaban J connectivity index is 1.80.